The molecule has 2 unspecified atom stereocenters. The van der Waals surface area contributed by atoms with Crippen molar-refractivity contribution in [3.8, 4) is 0 Å². The van der Waals surface area contributed by atoms with Crippen molar-refractivity contribution in [1.82, 2.24) is 4.98 Å². The highest BCUT2D eigenvalue weighted by molar-refractivity contribution is 5.83. The lowest BCUT2D eigenvalue weighted by atomic mass is 9.92. The molecule has 0 saturated heterocycles. The molecule has 2 aromatic rings. The summed E-state index contributed by atoms with van der Waals surface area (Å²) >= 11 is 0. The molecule has 0 bridgehead atoms. The number of benzene rings is 1. The zero-order valence-corrected chi connectivity index (χ0v) is 13.6. The van der Waals surface area contributed by atoms with Gasteiger partial charge in [0.25, 0.3) is 0 Å². The smallest absolute Gasteiger partial charge is 0.198 e. The van der Waals surface area contributed by atoms with Gasteiger partial charge in [-0.2, -0.15) is 0 Å². The van der Waals surface area contributed by atoms with E-state index in [1.807, 2.05) is 12.1 Å². The third kappa shape index (κ3) is 3.29. The fraction of sp³-hybridized carbons (Fsp3) is 0.333. The van der Waals surface area contributed by atoms with Crippen molar-refractivity contribution in [3.05, 3.63) is 53.6 Å². The lowest BCUT2D eigenvalue weighted by molar-refractivity contribution is -0.0797. The molecule has 1 aromatic carbocycles. The second-order valence-electron chi connectivity index (χ2n) is 5.67. The number of methoxy groups -OCH3 is 2. The number of para-hydroxylation sites is 1. The minimum Gasteiger partial charge on any atom is -0.484 e. The fourth-order valence-electron chi connectivity index (χ4n) is 2.87. The van der Waals surface area contributed by atoms with Crippen LogP contribution in [0.5, 0.6) is 0 Å². The summed E-state index contributed by atoms with van der Waals surface area (Å²) in [6.45, 7) is 0. The number of nitrogens with zero attached hydrogens (tertiary/aromatic N) is 2. The number of aliphatic hydroxyl groups is 1. The van der Waals surface area contributed by atoms with Crippen LogP contribution < -0.4 is 0 Å². The van der Waals surface area contributed by atoms with Crippen LogP contribution in [0.25, 0.3) is 10.9 Å². The molecule has 0 radical (unpaired) electrons. The molecule has 2 atom stereocenters. The van der Waals surface area contributed by atoms with Gasteiger partial charge in [0, 0.05) is 25.1 Å². The molecule has 0 saturated carbocycles. The van der Waals surface area contributed by atoms with Crippen LogP contribution in [-0.2, 0) is 15.9 Å². The van der Waals surface area contributed by atoms with Gasteiger partial charge in [-0.3, -0.25) is 0 Å². The number of fused-ring (bicyclic) bond motifs is 1. The Balaban J connectivity index is 2.01. The number of halogens is 1. The van der Waals surface area contributed by atoms with Crippen molar-refractivity contribution in [1.29, 1.82) is 0 Å². The van der Waals surface area contributed by atoms with Crippen molar-refractivity contribution < 1.29 is 19.0 Å². The van der Waals surface area contributed by atoms with Gasteiger partial charge in [0.2, 0.25) is 0 Å². The Morgan fingerprint density at radius 1 is 1.38 bits per heavy atom. The first-order chi connectivity index (χ1) is 11.6. The number of aliphatic imine (C=N–C) groups is 1. The highest BCUT2D eigenvalue weighted by Crippen LogP contribution is 2.28. The van der Waals surface area contributed by atoms with E-state index in [9.17, 15) is 9.50 Å². The van der Waals surface area contributed by atoms with E-state index in [4.69, 9.17) is 9.47 Å². The molecule has 0 aliphatic carbocycles. The number of pyridine rings is 1. The van der Waals surface area contributed by atoms with E-state index in [1.165, 1.54) is 13.2 Å². The van der Waals surface area contributed by atoms with Crippen LogP contribution in [0.4, 0.5) is 4.39 Å². The van der Waals surface area contributed by atoms with Gasteiger partial charge in [0.1, 0.15) is 11.3 Å². The zero-order valence-electron chi connectivity index (χ0n) is 13.6. The fourth-order valence-corrected chi connectivity index (χ4v) is 2.87. The molecule has 1 aromatic heterocycles. The average Bonchev–Trinajstić information content (AvgIpc) is 2.61. The van der Waals surface area contributed by atoms with Gasteiger partial charge in [0.15, 0.2) is 12.2 Å². The first kappa shape index (κ1) is 16.5. The number of hydrogen-bond acceptors (Lipinski definition) is 5. The molecular weight excluding hydrogens is 311 g/mol. The summed E-state index contributed by atoms with van der Waals surface area (Å²) in [5.41, 5.74) is 1.43. The number of ether oxygens (including phenoxy) is 2. The highest BCUT2D eigenvalue weighted by atomic mass is 19.1. The minimum absolute atomic E-state index is 0.179. The Kier molecular flexibility index (Phi) is 4.87. The van der Waals surface area contributed by atoms with Crippen molar-refractivity contribution in [2.75, 3.05) is 14.2 Å². The van der Waals surface area contributed by atoms with Crippen molar-refractivity contribution in [3.63, 3.8) is 0 Å². The average molecular weight is 330 g/mol. The molecule has 1 N–H and O–H groups in total. The van der Waals surface area contributed by atoms with Gasteiger partial charge in [-0.1, -0.05) is 18.2 Å². The predicted octanol–water partition coefficient (Wildman–Crippen LogP) is 3.13. The van der Waals surface area contributed by atoms with Crippen LogP contribution in [0.1, 0.15) is 24.0 Å². The Hall–Kier alpha value is -2.31. The Morgan fingerprint density at radius 2 is 2.21 bits per heavy atom. The summed E-state index contributed by atoms with van der Waals surface area (Å²) in [6.07, 6.45) is 3.87. The maximum Gasteiger partial charge on any atom is 0.198 e. The molecule has 0 amide bonds. The van der Waals surface area contributed by atoms with Gasteiger partial charge in [-0.15, -0.1) is 0 Å². The quantitative estimate of drug-likeness (QED) is 0.875. The SMILES string of the molecule is COC1=NC=CC(Cc2cc(C(O)OC)nc3c(F)cccc23)C1. The standard InChI is InChI=1S/C18H19FN2O3/c1-23-16-9-11(6-7-20-16)8-12-10-15(18(22)24-2)21-17-13(12)4-3-5-14(17)19/h3-7,10-11,18,22H,8-9H2,1-2H3. The Bertz CT molecular complexity index is 804. The minimum atomic E-state index is -1.19. The monoisotopic (exact) mass is 330 g/mol. The van der Waals surface area contributed by atoms with E-state index < -0.39 is 12.1 Å². The van der Waals surface area contributed by atoms with Crippen molar-refractivity contribution >= 4 is 16.8 Å². The third-order valence-electron chi connectivity index (χ3n) is 4.10. The van der Waals surface area contributed by atoms with Crippen LogP contribution in [0, 0.1) is 11.7 Å². The number of rotatable bonds is 4. The number of aliphatic hydroxyl groups excluding tert-OH is 1. The molecule has 6 heteroatoms. The maximum atomic E-state index is 14.2. The summed E-state index contributed by atoms with van der Waals surface area (Å²) < 4.78 is 24.3. The molecule has 0 fully saturated rings. The largest absolute Gasteiger partial charge is 0.484 e. The molecule has 5 nitrogen and oxygen atoms in total. The Labute approximate surface area is 139 Å². The zero-order chi connectivity index (χ0) is 17.1. The first-order valence-corrected chi connectivity index (χ1v) is 7.68. The van der Waals surface area contributed by atoms with Crippen LogP contribution in [0.3, 0.4) is 0 Å². The number of hydrogen-bond donors (Lipinski definition) is 1. The second kappa shape index (κ2) is 7.07. The summed E-state index contributed by atoms with van der Waals surface area (Å²) in [5, 5.41) is 10.7. The van der Waals surface area contributed by atoms with E-state index in [2.05, 4.69) is 9.98 Å². The predicted molar refractivity (Wildman–Crippen MR) is 89.1 cm³/mol. The summed E-state index contributed by atoms with van der Waals surface area (Å²) in [7, 11) is 2.97. The molecule has 3 rings (SSSR count). The van der Waals surface area contributed by atoms with Gasteiger partial charge >= 0.3 is 0 Å². The highest BCUT2D eigenvalue weighted by Gasteiger charge is 2.19. The molecule has 0 spiro atoms. The lowest BCUT2D eigenvalue weighted by Crippen LogP contribution is -2.14. The van der Waals surface area contributed by atoms with Crippen LogP contribution in [0.2, 0.25) is 0 Å². The van der Waals surface area contributed by atoms with E-state index in [0.717, 1.165) is 10.9 Å². The molecule has 1 aliphatic rings. The van der Waals surface area contributed by atoms with Gasteiger partial charge in [-0.05, 0) is 30.0 Å². The summed E-state index contributed by atoms with van der Waals surface area (Å²) in [6, 6.07) is 6.62. The third-order valence-corrected chi connectivity index (χ3v) is 4.10. The van der Waals surface area contributed by atoms with E-state index in [-0.39, 0.29) is 11.4 Å². The van der Waals surface area contributed by atoms with Crippen LogP contribution in [0.15, 0.2) is 41.5 Å². The van der Waals surface area contributed by atoms with Crippen molar-refractivity contribution in [2.24, 2.45) is 10.9 Å². The van der Waals surface area contributed by atoms with Gasteiger partial charge in [0.05, 0.1) is 12.8 Å². The topological polar surface area (TPSA) is 63.9 Å². The number of allylic oxidation sites excluding steroid dienone is 1. The molecule has 24 heavy (non-hydrogen) atoms. The van der Waals surface area contributed by atoms with Crippen LogP contribution in [-0.4, -0.2) is 30.2 Å². The first-order valence-electron chi connectivity index (χ1n) is 7.68. The van der Waals surface area contributed by atoms with E-state index in [1.54, 1.807) is 25.4 Å². The van der Waals surface area contributed by atoms with Crippen molar-refractivity contribution in [2.45, 2.75) is 19.1 Å². The second-order valence-corrected chi connectivity index (χ2v) is 5.67. The van der Waals surface area contributed by atoms with Gasteiger partial charge in [-0.25, -0.2) is 14.4 Å². The normalized spacial score (nSPS) is 18.5. The summed E-state index contributed by atoms with van der Waals surface area (Å²) in [5.74, 6) is 0.431. The molecule has 126 valence electrons. The Morgan fingerprint density at radius 3 is 2.96 bits per heavy atom. The lowest BCUT2D eigenvalue weighted by Gasteiger charge is -2.19. The molecule has 2 heterocycles. The molecular formula is C18H19FN2O3. The summed E-state index contributed by atoms with van der Waals surface area (Å²) in [4.78, 5) is 8.37. The van der Waals surface area contributed by atoms with Crippen LogP contribution >= 0.6 is 0 Å². The molecule has 1 aliphatic heterocycles. The maximum absolute atomic E-state index is 14.2. The number of aromatic nitrogens is 1. The van der Waals surface area contributed by atoms with Gasteiger partial charge < -0.3 is 14.6 Å². The van der Waals surface area contributed by atoms with E-state index >= 15 is 0 Å². The van der Waals surface area contributed by atoms with E-state index in [0.29, 0.717) is 24.4 Å².